The van der Waals surface area contributed by atoms with Gasteiger partial charge in [0.15, 0.2) is 5.78 Å². The minimum absolute atomic E-state index is 0.0463. The van der Waals surface area contributed by atoms with Gasteiger partial charge in [-0.3, -0.25) is 19.2 Å². The van der Waals surface area contributed by atoms with Gasteiger partial charge >= 0.3 is 11.9 Å². The lowest BCUT2D eigenvalue weighted by molar-refractivity contribution is -0.157. The van der Waals surface area contributed by atoms with E-state index >= 15 is 0 Å². The van der Waals surface area contributed by atoms with Crippen LogP contribution in [-0.2, 0) is 23.9 Å². The second-order valence-electron chi connectivity index (χ2n) is 17.6. The van der Waals surface area contributed by atoms with Crippen molar-refractivity contribution >= 4 is 46.1 Å². The predicted molar refractivity (Wildman–Crippen MR) is 204 cm³/mol. The van der Waals surface area contributed by atoms with E-state index in [1.165, 1.54) is 18.4 Å². The number of amides is 1. The highest BCUT2D eigenvalue weighted by Crippen LogP contribution is 2.58. The maximum absolute atomic E-state index is 14.7. The molecule has 1 N–H and O–H groups in total. The Morgan fingerprint density at radius 1 is 1.04 bits per heavy atom. The molecule has 3 heterocycles. The summed E-state index contributed by atoms with van der Waals surface area (Å²) in [6.07, 6.45) is 3.04. The molecule has 3 aliphatic carbocycles. The number of carboxylic acid groups (broad SMARTS) is 1. The Kier molecular flexibility index (Phi) is 10.4. The van der Waals surface area contributed by atoms with Crippen LogP contribution in [0, 0.1) is 34.5 Å². The van der Waals surface area contributed by atoms with Crippen LogP contribution in [0.25, 0.3) is 22.3 Å². The minimum atomic E-state index is -1.15. The first kappa shape index (κ1) is 39.1. The number of hydrogen-bond donors (Lipinski definition) is 1. The summed E-state index contributed by atoms with van der Waals surface area (Å²) in [6, 6.07) is 6.11. The number of hydrogen-bond acceptors (Lipinski definition) is 10. The number of carbonyl (C=O) groups is 4. The number of carbonyl (C=O) groups excluding carboxylic acids is 3. The number of likely N-dealkylation sites (tertiary alicyclic amines) is 1. The number of halogens is 1. The van der Waals surface area contributed by atoms with Crippen LogP contribution in [0.2, 0.25) is 5.02 Å². The maximum Gasteiger partial charge on any atom is 0.310 e. The highest BCUT2D eigenvalue weighted by atomic mass is 35.5. The van der Waals surface area contributed by atoms with Crippen molar-refractivity contribution in [2.75, 3.05) is 13.7 Å². The summed E-state index contributed by atoms with van der Waals surface area (Å²) in [6.45, 7) is 11.7. The average molecular weight is 778 g/mol. The molecular formula is C42H52ClN3O9. The van der Waals surface area contributed by atoms with Crippen molar-refractivity contribution in [3.05, 3.63) is 35.0 Å². The lowest BCUT2D eigenvalue weighted by Crippen LogP contribution is -2.48. The van der Waals surface area contributed by atoms with Gasteiger partial charge in [0.1, 0.15) is 40.2 Å². The maximum atomic E-state index is 14.7. The van der Waals surface area contributed by atoms with Crippen LogP contribution >= 0.6 is 11.6 Å². The zero-order chi connectivity index (χ0) is 39.6. The van der Waals surface area contributed by atoms with Gasteiger partial charge in [-0.2, -0.15) is 0 Å². The van der Waals surface area contributed by atoms with Gasteiger partial charge in [-0.1, -0.05) is 64.7 Å². The van der Waals surface area contributed by atoms with Gasteiger partial charge in [-0.05, 0) is 61.0 Å². The van der Waals surface area contributed by atoms with Gasteiger partial charge in [-0.25, -0.2) is 4.98 Å². The fourth-order valence-corrected chi connectivity index (χ4v) is 9.19. The van der Waals surface area contributed by atoms with E-state index in [0.29, 0.717) is 64.2 Å². The van der Waals surface area contributed by atoms with E-state index < -0.39 is 40.8 Å². The Morgan fingerprint density at radius 3 is 2.36 bits per heavy atom. The first-order valence-electron chi connectivity index (χ1n) is 19.6. The fourth-order valence-electron chi connectivity index (χ4n) is 8.91. The number of ketones is 1. The van der Waals surface area contributed by atoms with Crippen molar-refractivity contribution in [1.29, 1.82) is 0 Å². The van der Waals surface area contributed by atoms with Crippen molar-refractivity contribution in [2.24, 2.45) is 34.5 Å². The molecule has 55 heavy (non-hydrogen) atoms. The smallest absolute Gasteiger partial charge is 0.310 e. The van der Waals surface area contributed by atoms with Gasteiger partial charge < -0.3 is 28.7 Å². The monoisotopic (exact) mass is 777 g/mol. The molecule has 0 bridgehead atoms. The molecule has 3 aromatic rings. The quantitative estimate of drug-likeness (QED) is 0.159. The van der Waals surface area contributed by atoms with E-state index in [1.54, 1.807) is 18.2 Å². The first-order chi connectivity index (χ1) is 26.0. The average Bonchev–Trinajstić information content (AvgIpc) is 3.77. The molecule has 3 saturated carbocycles. The Labute approximate surface area is 326 Å². The van der Waals surface area contributed by atoms with Crippen molar-refractivity contribution in [1.82, 2.24) is 15.0 Å². The Bertz CT molecular complexity index is 1990. The van der Waals surface area contributed by atoms with Gasteiger partial charge in [-0.15, -0.1) is 0 Å². The van der Waals surface area contributed by atoms with Gasteiger partial charge in [0.2, 0.25) is 5.91 Å². The Morgan fingerprint density at radius 2 is 1.76 bits per heavy atom. The molecule has 12 nitrogen and oxygen atoms in total. The van der Waals surface area contributed by atoms with E-state index in [2.05, 4.69) is 5.16 Å². The summed E-state index contributed by atoms with van der Waals surface area (Å²) in [5.74, 6) is -0.109. The predicted octanol–water partition coefficient (Wildman–Crippen LogP) is 7.88. The lowest BCUT2D eigenvalue weighted by Gasteiger charge is -2.35. The van der Waals surface area contributed by atoms with E-state index in [4.69, 9.17) is 35.3 Å². The summed E-state index contributed by atoms with van der Waals surface area (Å²) in [5, 5.41) is 15.3. The molecule has 1 saturated heterocycles. The zero-order valence-electron chi connectivity index (χ0n) is 32.7. The van der Waals surface area contributed by atoms with Crippen LogP contribution in [0.5, 0.6) is 11.5 Å². The Balaban J connectivity index is 1.20. The molecule has 4 fully saturated rings. The summed E-state index contributed by atoms with van der Waals surface area (Å²) < 4.78 is 23.7. The number of aliphatic carboxylic acids is 1. The molecular weight excluding hydrogens is 726 g/mol. The van der Waals surface area contributed by atoms with E-state index in [9.17, 15) is 24.3 Å². The number of methoxy groups -OCH3 is 1. The number of fused-ring (bicyclic) bond motifs is 2. The van der Waals surface area contributed by atoms with E-state index in [0.717, 1.165) is 12.8 Å². The topological polar surface area (TPSA) is 158 Å². The van der Waals surface area contributed by atoms with Crippen LogP contribution in [0.4, 0.5) is 0 Å². The molecule has 1 amide bonds. The van der Waals surface area contributed by atoms with Gasteiger partial charge in [0, 0.05) is 36.3 Å². The van der Waals surface area contributed by atoms with Crippen LogP contribution in [0.15, 0.2) is 28.8 Å². The number of aromatic nitrogens is 2. The second-order valence-corrected chi connectivity index (χ2v) is 18.0. The number of Topliss-reactive ketones (excluding diaryl/α,β-unsaturated/α-hetero) is 1. The summed E-state index contributed by atoms with van der Waals surface area (Å²) in [4.78, 5) is 61.2. The van der Waals surface area contributed by atoms with Gasteiger partial charge in [0.05, 0.1) is 48.7 Å². The molecule has 4 aliphatic rings. The highest BCUT2D eigenvalue weighted by Gasteiger charge is 2.61. The molecule has 0 spiro atoms. The fraction of sp³-hybridized carbons (Fsp3) is 0.619. The molecule has 296 valence electrons. The van der Waals surface area contributed by atoms with Crippen LogP contribution in [-0.4, -0.2) is 75.7 Å². The number of pyridine rings is 1. The third-order valence-electron chi connectivity index (χ3n) is 12.5. The molecule has 7 rings (SSSR count). The highest BCUT2D eigenvalue weighted by molar-refractivity contribution is 6.36. The number of esters is 1. The standard InChI is InChI=1S/C42H52ClN3O9/c1-8-24-18-42(24,40(50)51)19-32(47)31-14-26(20-46(31)39(49)28(41(4,5)6)15-36(48)54-25-12-22-11-23(22)13-25)53-35-16-29(30-17-34(21(2)3)55-45-30)44-38-27(35)9-10-33(52-7)37(38)43/h9-10,16-17,21-26,28,31H,8,11-15,18-20H2,1-7H3,(H,50,51)/t22-,23+,24-,25?,26-,28-,31+,42-/m1/s1. The molecule has 1 aromatic carbocycles. The van der Waals surface area contributed by atoms with Crippen LogP contribution < -0.4 is 9.47 Å². The van der Waals surface area contributed by atoms with E-state index in [-0.39, 0.29) is 60.5 Å². The molecule has 1 aliphatic heterocycles. The van der Waals surface area contributed by atoms with Crippen LogP contribution in [0.3, 0.4) is 0 Å². The van der Waals surface area contributed by atoms with Crippen LogP contribution in [0.1, 0.15) is 105 Å². The number of nitrogens with zero attached hydrogens (tertiary/aromatic N) is 3. The summed E-state index contributed by atoms with van der Waals surface area (Å²) in [5.41, 5.74) is -0.456. The SMILES string of the molecule is CC[C@@H]1C[C@]1(CC(=O)[C@@H]1C[C@@H](Oc2cc(-c3cc(C(C)C)on3)nc3c(Cl)c(OC)ccc23)CN1C(=O)[C@@H](CC(=O)OC1C[C@@H]2C[C@@H]2C1)C(C)(C)C)C(=O)O. The second kappa shape index (κ2) is 14.7. The van der Waals surface area contributed by atoms with Crippen molar-refractivity contribution in [3.8, 4) is 22.9 Å². The first-order valence-corrected chi connectivity index (χ1v) is 20.0. The van der Waals surface area contributed by atoms with Crippen molar-refractivity contribution < 1.29 is 43.0 Å². The number of rotatable bonds is 14. The molecule has 2 aromatic heterocycles. The Hall–Kier alpha value is -4.19. The largest absolute Gasteiger partial charge is 0.495 e. The summed E-state index contributed by atoms with van der Waals surface area (Å²) in [7, 11) is 1.52. The summed E-state index contributed by atoms with van der Waals surface area (Å²) >= 11 is 6.80. The van der Waals surface area contributed by atoms with Crippen molar-refractivity contribution in [3.63, 3.8) is 0 Å². The zero-order valence-corrected chi connectivity index (χ0v) is 33.5. The number of carboxylic acids is 1. The third kappa shape index (κ3) is 7.67. The number of benzene rings is 1. The van der Waals surface area contributed by atoms with E-state index in [1.807, 2.05) is 47.6 Å². The number of ether oxygens (including phenoxy) is 3. The van der Waals surface area contributed by atoms with Gasteiger partial charge in [0.25, 0.3) is 0 Å². The lowest BCUT2D eigenvalue weighted by atomic mass is 9.77. The molecule has 1 unspecified atom stereocenters. The normalized spacial score (nSPS) is 27.5. The van der Waals surface area contributed by atoms with Crippen molar-refractivity contribution in [2.45, 2.75) is 117 Å². The molecule has 13 heteroatoms. The molecule has 8 atom stereocenters. The minimum Gasteiger partial charge on any atom is -0.495 e. The molecule has 0 radical (unpaired) electrons. The third-order valence-corrected chi connectivity index (χ3v) is 12.9.